The molecule has 7 atom stereocenters. The topological polar surface area (TPSA) is 388 Å². The van der Waals surface area contributed by atoms with Crippen molar-refractivity contribution in [3.8, 4) is 0 Å². The van der Waals surface area contributed by atoms with Crippen molar-refractivity contribution in [2.24, 2.45) is 5.41 Å². The Bertz CT molecular complexity index is 2040. The van der Waals surface area contributed by atoms with Gasteiger partial charge in [0.15, 0.2) is 17.7 Å². The van der Waals surface area contributed by atoms with Crippen LogP contribution in [0.3, 0.4) is 0 Å². The fourth-order valence-electron chi connectivity index (χ4n) is 4.82. The molecule has 1 aliphatic heterocycles. The molecular weight excluding hydrogens is 935 g/mol. The Kier molecular flexibility index (Phi) is 22.0. The molecule has 32 heteroatoms. The number of aromatic nitrogens is 5. The summed E-state index contributed by atoms with van der Waals surface area (Å²) in [5.41, 5.74) is 4.45. The van der Waals surface area contributed by atoms with E-state index in [9.17, 15) is 57.9 Å². The van der Waals surface area contributed by atoms with E-state index in [1.54, 1.807) is 12.1 Å². The number of fused-ring (bicyclic) bond motifs is 1. The third-order valence-corrected chi connectivity index (χ3v) is 11.5. The van der Waals surface area contributed by atoms with Crippen LogP contribution in [-0.4, -0.2) is 108 Å². The first-order chi connectivity index (χ1) is 27.1. The van der Waals surface area contributed by atoms with Crippen LogP contribution in [0.2, 0.25) is 0 Å². The Morgan fingerprint density at radius 2 is 1.78 bits per heavy atom. The largest absolute Gasteiger partial charge is 1.00 e. The SMILES string of the molecule is CC(C)(COP(=O)([O-])OP(=O)([O-])OCC1OC(n2cnc3c(N)ncnc32)C(O)C1OP(=O)([O-])[O-])C(O)C(=O)NCCC(=O)NCCSC(=O)c1cccnc1.[K+].[P-]=S. The minimum absolute atomic E-state index is 0. The summed E-state index contributed by atoms with van der Waals surface area (Å²) in [6.07, 6.45) is -4.70. The summed E-state index contributed by atoms with van der Waals surface area (Å²) < 4.78 is 60.4. The maximum absolute atomic E-state index is 12.5. The number of thioether (sulfide) groups is 1. The van der Waals surface area contributed by atoms with Crippen LogP contribution in [0.15, 0.2) is 37.2 Å². The van der Waals surface area contributed by atoms with Gasteiger partial charge in [-0.15, -0.1) is 0 Å². The number of aliphatic hydroxyl groups is 2. The maximum Gasteiger partial charge on any atom is 1.00 e. The van der Waals surface area contributed by atoms with Crippen LogP contribution in [0.4, 0.5) is 5.82 Å². The molecule has 2 amide bonds. The number of hydrogen-bond acceptors (Lipinski definition) is 24. The Hall–Kier alpha value is -1.13. The van der Waals surface area contributed by atoms with Crippen LogP contribution in [0.1, 0.15) is 36.9 Å². The van der Waals surface area contributed by atoms with Crippen molar-refractivity contribution in [1.82, 2.24) is 35.1 Å². The van der Waals surface area contributed by atoms with Crippen molar-refractivity contribution in [1.29, 1.82) is 0 Å². The van der Waals surface area contributed by atoms with Crippen molar-refractivity contribution >= 4 is 89.0 Å². The normalized spacial score (nSPS) is 20.5. The molecule has 1 aliphatic rings. The molecule has 25 nitrogen and oxygen atoms in total. The van der Waals surface area contributed by atoms with E-state index in [0.717, 1.165) is 29.0 Å². The third-order valence-electron chi connectivity index (χ3n) is 7.61. The number of nitrogen functional groups attached to an aromatic ring is 1. The standard InChI is InChI=1S/C27H39N8O17P3S.K.PS/c1-27(2,21(38)24(39)31-7-5-17(36)30-8-9-56-26(40)15-4-3-6-29-10-15)12-49-55(46,47)52-54(44,45)48-11-16-20(51-53(41,42)43)19(37)25(50-16)35-14-34-18-22(28)32-13-33-23(18)35;;1-2/h3-4,6,10,13-14,16,19-21,25,37-38H,5,7-9,11-12H2,1-2H3,(H,30,36)(H,31,39)(H,44,45)(H,46,47)(H2,28,32,33)(H2,41,42,43);;/q;+1;-1/p-4. The van der Waals surface area contributed by atoms with Gasteiger partial charge in [-0.05, 0) is 12.1 Å². The fraction of sp³-hybridized carbons (Fsp3) is 0.519. The molecule has 7 unspecified atom stereocenters. The third kappa shape index (κ3) is 16.8. The van der Waals surface area contributed by atoms with Crippen molar-refractivity contribution in [2.45, 2.75) is 50.9 Å². The number of carbonyl (C=O) groups excluding carboxylic acids is 3. The van der Waals surface area contributed by atoms with Gasteiger partial charge in [0.25, 0.3) is 15.6 Å². The van der Waals surface area contributed by atoms with E-state index in [4.69, 9.17) is 10.5 Å². The van der Waals surface area contributed by atoms with Gasteiger partial charge < -0.3 is 88.8 Å². The Balaban J connectivity index is 0.00000394. The number of ether oxygens (including phenoxy) is 1. The first-order valence-corrected chi connectivity index (χ1v) is 23.0. The number of nitrogens with one attached hydrogen (secondary N) is 2. The van der Waals surface area contributed by atoms with Gasteiger partial charge in [-0.3, -0.25) is 33.1 Å². The molecule has 0 bridgehead atoms. The molecule has 0 aromatic carbocycles. The molecule has 6 N–H and O–H groups in total. The quantitative estimate of drug-likeness (QED) is 0.0401. The number of hydrogen-bond donors (Lipinski definition) is 5. The molecule has 1 saturated heterocycles. The Morgan fingerprint density at radius 1 is 1.10 bits per heavy atom. The monoisotopic (exact) mass is 970 g/mol. The van der Waals surface area contributed by atoms with Gasteiger partial charge in [0.2, 0.25) is 16.9 Å². The number of phosphoric acid groups is 3. The van der Waals surface area contributed by atoms with Gasteiger partial charge in [0.05, 0.1) is 27.4 Å². The minimum atomic E-state index is -5.92. The van der Waals surface area contributed by atoms with Gasteiger partial charge in [-0.25, -0.2) is 19.3 Å². The predicted octanol–water partition coefficient (Wildman–Crippen LogP) is -5.29. The number of imidazole rings is 1. The second-order valence-electron chi connectivity index (χ2n) is 12.4. The number of nitrogens with two attached hydrogens (primary N) is 1. The summed E-state index contributed by atoms with van der Waals surface area (Å²) >= 11 is 4.75. The van der Waals surface area contributed by atoms with Gasteiger partial charge in [-0.1, -0.05) is 25.6 Å². The van der Waals surface area contributed by atoms with Crippen LogP contribution in [-0.2, 0) is 57.7 Å². The number of pyridine rings is 1. The predicted molar refractivity (Wildman–Crippen MR) is 196 cm³/mol. The number of carbonyl (C=O) groups is 3. The van der Waals surface area contributed by atoms with E-state index >= 15 is 0 Å². The van der Waals surface area contributed by atoms with Crippen LogP contribution in [0.5, 0.6) is 0 Å². The van der Waals surface area contributed by atoms with E-state index < -0.39 is 84.6 Å². The number of rotatable bonds is 20. The van der Waals surface area contributed by atoms with Crippen molar-refractivity contribution in [3.05, 3.63) is 42.7 Å². The van der Waals surface area contributed by atoms with Crippen molar-refractivity contribution in [2.75, 3.05) is 37.8 Å². The Labute approximate surface area is 389 Å². The van der Waals surface area contributed by atoms with E-state index in [2.05, 4.69) is 68.3 Å². The zero-order valence-electron chi connectivity index (χ0n) is 31.0. The molecule has 0 saturated carbocycles. The van der Waals surface area contributed by atoms with Gasteiger partial charge in [0.1, 0.15) is 36.3 Å². The molecule has 59 heavy (non-hydrogen) atoms. The summed E-state index contributed by atoms with van der Waals surface area (Å²) in [6, 6.07) is 3.21. The Morgan fingerprint density at radius 3 is 2.42 bits per heavy atom. The smallest absolute Gasteiger partial charge is 0.790 e. The maximum atomic E-state index is 12.5. The second-order valence-corrected chi connectivity index (χ2v) is 17.5. The molecule has 0 spiro atoms. The summed E-state index contributed by atoms with van der Waals surface area (Å²) in [5.74, 6) is -1.32. The molecule has 0 aliphatic carbocycles. The van der Waals surface area contributed by atoms with E-state index in [0.29, 0.717) is 5.56 Å². The van der Waals surface area contributed by atoms with Gasteiger partial charge in [0, 0.05) is 48.6 Å². The van der Waals surface area contributed by atoms with Crippen LogP contribution >= 0.6 is 43.2 Å². The van der Waals surface area contributed by atoms with Crippen molar-refractivity contribution in [3.63, 3.8) is 0 Å². The first-order valence-electron chi connectivity index (χ1n) is 16.2. The molecule has 4 rings (SSSR count). The summed E-state index contributed by atoms with van der Waals surface area (Å²) in [6.45, 7) is 0.00623. The van der Waals surface area contributed by atoms with Gasteiger partial charge >= 0.3 is 51.4 Å². The van der Waals surface area contributed by atoms with Crippen LogP contribution in [0, 0.1) is 5.41 Å². The molecule has 3 aromatic heterocycles. The fourth-order valence-corrected chi connectivity index (χ4v) is 8.23. The molecule has 322 valence electrons. The summed E-state index contributed by atoms with van der Waals surface area (Å²) in [4.78, 5) is 99.9. The first kappa shape index (κ1) is 54.0. The second kappa shape index (κ2) is 24.1. The van der Waals surface area contributed by atoms with Crippen LogP contribution in [0.25, 0.3) is 11.2 Å². The number of amides is 2. The number of nitrogens with zero attached hydrogens (tertiary/aromatic N) is 5. The average molecular weight is 971 g/mol. The summed E-state index contributed by atoms with van der Waals surface area (Å²) in [7, 11) is -14.5. The van der Waals surface area contributed by atoms with E-state index in [1.165, 1.54) is 26.2 Å². The average Bonchev–Trinajstić information content (AvgIpc) is 3.72. The summed E-state index contributed by atoms with van der Waals surface area (Å²) in [5, 5.41) is 25.9. The zero-order valence-corrected chi connectivity index (χ0v) is 39.4. The number of aliphatic hydroxyl groups excluding tert-OH is 2. The number of phosphoric ester groups is 3. The number of anilines is 1. The molecule has 1 fully saturated rings. The van der Waals surface area contributed by atoms with Crippen LogP contribution < -0.4 is 87.3 Å². The van der Waals surface area contributed by atoms with Crippen molar-refractivity contribution < 1.29 is 132 Å². The molecular formula is C27H35KN8O17P4S2-4. The molecule has 0 radical (unpaired) electrons. The van der Waals surface area contributed by atoms with Gasteiger partial charge in [-0.2, -0.15) is 0 Å². The van der Waals surface area contributed by atoms with E-state index in [-0.39, 0.29) is 98.7 Å². The zero-order chi connectivity index (χ0) is 43.5. The van der Waals surface area contributed by atoms with E-state index in [1.807, 2.05) is 0 Å². The minimum Gasteiger partial charge on any atom is -0.790 e. The molecule has 3 aromatic rings. The molecule has 4 heterocycles.